The average molecular weight is 289 g/mol. The predicted molar refractivity (Wildman–Crippen MR) is 90.7 cm³/mol. The Morgan fingerprint density at radius 3 is 3.00 bits per heavy atom. The molecule has 0 aromatic carbocycles. The molecule has 2 rings (SSSR count). The zero-order chi connectivity index (χ0) is 15.1. The van der Waals surface area contributed by atoms with Crippen molar-refractivity contribution in [2.75, 3.05) is 18.4 Å². The Morgan fingerprint density at radius 2 is 2.24 bits per heavy atom. The van der Waals surface area contributed by atoms with Gasteiger partial charge in [0.15, 0.2) is 0 Å². The van der Waals surface area contributed by atoms with Gasteiger partial charge in [0, 0.05) is 23.8 Å². The van der Waals surface area contributed by atoms with E-state index in [2.05, 4.69) is 48.1 Å². The van der Waals surface area contributed by atoms with Gasteiger partial charge in [-0.05, 0) is 51.8 Å². The third kappa shape index (κ3) is 4.44. The van der Waals surface area contributed by atoms with Gasteiger partial charge >= 0.3 is 0 Å². The van der Waals surface area contributed by atoms with E-state index in [1.165, 1.54) is 50.8 Å². The van der Waals surface area contributed by atoms with Gasteiger partial charge in [0.25, 0.3) is 0 Å². The number of unbranched alkanes of at least 4 members (excludes halogenated alkanes) is 1. The van der Waals surface area contributed by atoms with E-state index in [0.29, 0.717) is 12.1 Å². The number of pyridine rings is 1. The van der Waals surface area contributed by atoms with E-state index >= 15 is 0 Å². The molecule has 2 heterocycles. The van der Waals surface area contributed by atoms with Crippen LogP contribution in [0.3, 0.4) is 0 Å². The van der Waals surface area contributed by atoms with Crippen LogP contribution in [0.15, 0.2) is 18.3 Å². The normalized spacial score (nSPS) is 21.2. The van der Waals surface area contributed by atoms with Gasteiger partial charge in [0.2, 0.25) is 0 Å². The fourth-order valence-corrected chi connectivity index (χ4v) is 3.11. The van der Waals surface area contributed by atoms with Gasteiger partial charge in [-0.3, -0.25) is 4.90 Å². The van der Waals surface area contributed by atoms with Crippen LogP contribution in [-0.4, -0.2) is 29.0 Å². The van der Waals surface area contributed by atoms with Crippen LogP contribution in [-0.2, 0) is 0 Å². The van der Waals surface area contributed by atoms with Crippen LogP contribution in [0.5, 0.6) is 0 Å². The minimum absolute atomic E-state index is 0.478. The first-order chi connectivity index (χ1) is 10.3. The quantitative estimate of drug-likeness (QED) is 0.794. The lowest BCUT2D eigenvalue weighted by Gasteiger charge is -2.37. The Labute approximate surface area is 130 Å². The number of likely N-dealkylation sites (tertiary alicyclic amines) is 1. The second-order valence-corrected chi connectivity index (χ2v) is 6.30. The van der Waals surface area contributed by atoms with Gasteiger partial charge in [-0.15, -0.1) is 0 Å². The van der Waals surface area contributed by atoms with Gasteiger partial charge in [-0.25, -0.2) is 4.98 Å². The smallest absolute Gasteiger partial charge is 0.130 e. The highest BCUT2D eigenvalue weighted by Gasteiger charge is 2.26. The number of rotatable bonds is 7. The number of hydrogen-bond acceptors (Lipinski definition) is 3. The number of hydrogen-bond donors (Lipinski definition) is 1. The largest absolute Gasteiger partial charge is 0.367 e. The number of aromatic nitrogens is 1. The molecule has 0 unspecified atom stereocenters. The Morgan fingerprint density at radius 1 is 1.38 bits per heavy atom. The summed E-state index contributed by atoms with van der Waals surface area (Å²) in [5.74, 6) is 1.10. The fourth-order valence-electron chi connectivity index (χ4n) is 3.11. The Bertz CT molecular complexity index is 419. The van der Waals surface area contributed by atoms with Gasteiger partial charge < -0.3 is 5.32 Å². The number of nitrogens with zero attached hydrogens (tertiary/aromatic N) is 2. The molecule has 0 radical (unpaired) electrons. The van der Waals surface area contributed by atoms with Crippen molar-refractivity contribution in [3.63, 3.8) is 0 Å². The van der Waals surface area contributed by atoms with Crippen molar-refractivity contribution < 1.29 is 0 Å². The maximum Gasteiger partial charge on any atom is 0.130 e. The maximum absolute atomic E-state index is 4.62. The number of anilines is 1. The molecule has 0 amide bonds. The van der Waals surface area contributed by atoms with Crippen molar-refractivity contribution in [3.05, 3.63) is 23.9 Å². The summed E-state index contributed by atoms with van der Waals surface area (Å²) in [6, 6.07) is 5.38. The maximum atomic E-state index is 4.62. The summed E-state index contributed by atoms with van der Waals surface area (Å²) in [6.07, 6.45) is 9.55. The van der Waals surface area contributed by atoms with Crippen LogP contribution in [0.2, 0.25) is 0 Å². The molecule has 21 heavy (non-hydrogen) atoms. The third-order valence-corrected chi connectivity index (χ3v) is 4.61. The molecule has 1 aliphatic heterocycles. The lowest BCUT2D eigenvalue weighted by atomic mass is 9.95. The van der Waals surface area contributed by atoms with E-state index in [1.807, 2.05) is 6.20 Å². The van der Waals surface area contributed by atoms with Crippen LogP contribution >= 0.6 is 0 Å². The fraction of sp³-hybridized carbons (Fsp3) is 0.722. The molecule has 0 spiro atoms. The molecule has 1 saturated heterocycles. The van der Waals surface area contributed by atoms with E-state index in [1.54, 1.807) is 0 Å². The summed E-state index contributed by atoms with van der Waals surface area (Å²) in [5.41, 5.74) is 1.40. The lowest BCUT2D eigenvalue weighted by Crippen LogP contribution is -2.35. The van der Waals surface area contributed by atoms with Crippen LogP contribution in [0.25, 0.3) is 0 Å². The first-order valence-corrected chi connectivity index (χ1v) is 8.71. The monoisotopic (exact) mass is 289 g/mol. The van der Waals surface area contributed by atoms with Gasteiger partial charge in [0.05, 0.1) is 0 Å². The standard InChI is InChI=1S/C18H31N3/c1-4-6-13-21-14-8-7-11-17(21)16-10-9-12-19-18(16)20-15(3)5-2/h9-10,12,15,17H,4-8,11,13-14H2,1-3H3,(H,19,20)/t15-,17+/m0/s1. The first kappa shape index (κ1) is 16.3. The summed E-state index contributed by atoms with van der Waals surface area (Å²) in [4.78, 5) is 7.29. The van der Waals surface area contributed by atoms with E-state index in [0.717, 1.165) is 12.2 Å². The highest BCUT2D eigenvalue weighted by atomic mass is 15.2. The summed E-state index contributed by atoms with van der Waals surface area (Å²) >= 11 is 0. The second-order valence-electron chi connectivity index (χ2n) is 6.30. The highest BCUT2D eigenvalue weighted by molar-refractivity contribution is 5.46. The number of piperidine rings is 1. The molecule has 0 bridgehead atoms. The molecule has 1 aromatic heterocycles. The molecule has 0 aliphatic carbocycles. The van der Waals surface area contributed by atoms with Crippen molar-refractivity contribution in [1.29, 1.82) is 0 Å². The van der Waals surface area contributed by atoms with Crippen LogP contribution in [0.4, 0.5) is 5.82 Å². The Kier molecular flexibility index (Phi) is 6.50. The topological polar surface area (TPSA) is 28.2 Å². The minimum atomic E-state index is 0.478. The molecule has 3 nitrogen and oxygen atoms in total. The van der Waals surface area contributed by atoms with Crippen LogP contribution < -0.4 is 5.32 Å². The van der Waals surface area contributed by atoms with Crippen molar-refractivity contribution in [2.45, 2.75) is 71.4 Å². The molecule has 118 valence electrons. The van der Waals surface area contributed by atoms with Crippen molar-refractivity contribution in [1.82, 2.24) is 9.88 Å². The zero-order valence-electron chi connectivity index (χ0n) is 13.9. The molecule has 1 fully saturated rings. The van der Waals surface area contributed by atoms with Crippen LogP contribution in [0, 0.1) is 0 Å². The zero-order valence-corrected chi connectivity index (χ0v) is 13.9. The molecule has 1 aromatic rings. The van der Waals surface area contributed by atoms with Crippen LogP contribution in [0.1, 0.15) is 70.9 Å². The second kappa shape index (κ2) is 8.38. The average Bonchev–Trinajstić information content (AvgIpc) is 2.53. The highest BCUT2D eigenvalue weighted by Crippen LogP contribution is 2.34. The summed E-state index contributed by atoms with van der Waals surface area (Å²) < 4.78 is 0. The van der Waals surface area contributed by atoms with Gasteiger partial charge in [0.1, 0.15) is 5.82 Å². The van der Waals surface area contributed by atoms with E-state index < -0.39 is 0 Å². The molecular formula is C18H31N3. The Hall–Kier alpha value is -1.09. The SMILES string of the molecule is CCCCN1CCCC[C@@H]1c1cccnc1N[C@@H](C)CC. The third-order valence-electron chi connectivity index (χ3n) is 4.61. The van der Waals surface area contributed by atoms with Crippen molar-refractivity contribution in [3.8, 4) is 0 Å². The molecule has 1 N–H and O–H groups in total. The first-order valence-electron chi connectivity index (χ1n) is 8.71. The molecule has 2 atom stereocenters. The van der Waals surface area contributed by atoms with Crippen molar-refractivity contribution >= 4 is 5.82 Å². The number of nitrogens with one attached hydrogen (secondary N) is 1. The molecule has 1 aliphatic rings. The predicted octanol–water partition coefficient (Wildman–Crippen LogP) is 4.62. The van der Waals surface area contributed by atoms with E-state index in [4.69, 9.17) is 0 Å². The molecule has 3 heteroatoms. The van der Waals surface area contributed by atoms with E-state index in [9.17, 15) is 0 Å². The molecule has 0 saturated carbocycles. The van der Waals surface area contributed by atoms with Gasteiger partial charge in [-0.1, -0.05) is 32.8 Å². The lowest BCUT2D eigenvalue weighted by molar-refractivity contribution is 0.147. The minimum Gasteiger partial charge on any atom is -0.367 e. The summed E-state index contributed by atoms with van der Waals surface area (Å²) in [5, 5.41) is 3.60. The van der Waals surface area contributed by atoms with Crippen molar-refractivity contribution in [2.24, 2.45) is 0 Å². The Balaban J connectivity index is 2.17. The van der Waals surface area contributed by atoms with Gasteiger partial charge in [-0.2, -0.15) is 0 Å². The summed E-state index contributed by atoms with van der Waals surface area (Å²) in [7, 11) is 0. The molecular weight excluding hydrogens is 258 g/mol. The van der Waals surface area contributed by atoms with E-state index in [-0.39, 0.29) is 0 Å². The summed E-state index contributed by atoms with van der Waals surface area (Å²) in [6.45, 7) is 9.18.